The number of carbonyl (C=O) groups excluding carboxylic acids is 2. The molecule has 0 spiro atoms. The molecule has 2 aromatic carbocycles. The largest absolute Gasteiger partial charge is 0.484 e. The molecule has 1 unspecified atom stereocenters. The van der Waals surface area contributed by atoms with Crippen molar-refractivity contribution in [3.63, 3.8) is 0 Å². The molecule has 3 rings (SSSR count). The lowest BCUT2D eigenvalue weighted by Crippen LogP contribution is -2.47. The van der Waals surface area contributed by atoms with Crippen LogP contribution in [0, 0.1) is 6.92 Å². The molecule has 0 radical (unpaired) electrons. The molecule has 1 heterocycles. The number of hydrogen-bond donors (Lipinski definition) is 1. The number of aryl methyl sites for hydroxylation is 1. The summed E-state index contributed by atoms with van der Waals surface area (Å²) in [6, 6.07) is 14.5. The van der Waals surface area contributed by atoms with Crippen LogP contribution in [0.3, 0.4) is 0 Å². The van der Waals surface area contributed by atoms with Crippen molar-refractivity contribution in [2.24, 2.45) is 0 Å². The Morgan fingerprint density at radius 2 is 2.00 bits per heavy atom. The molecule has 27 heavy (non-hydrogen) atoms. The van der Waals surface area contributed by atoms with E-state index in [9.17, 15) is 9.59 Å². The van der Waals surface area contributed by atoms with E-state index in [1.54, 1.807) is 24.3 Å². The van der Waals surface area contributed by atoms with Gasteiger partial charge in [-0.2, -0.15) is 0 Å². The minimum Gasteiger partial charge on any atom is -0.484 e. The SMILES string of the molecule is Cc1cccc(OCC(=O)Nc2ccc(C(=O)N3CCOCC3C)cc2)c1. The molecule has 1 N–H and O–H groups in total. The maximum Gasteiger partial charge on any atom is 0.262 e. The number of nitrogens with zero attached hydrogens (tertiary/aromatic N) is 1. The topological polar surface area (TPSA) is 67.9 Å². The summed E-state index contributed by atoms with van der Waals surface area (Å²) in [5.41, 5.74) is 2.29. The molecule has 6 nitrogen and oxygen atoms in total. The van der Waals surface area contributed by atoms with Crippen LogP contribution < -0.4 is 10.1 Å². The second-order valence-corrected chi connectivity index (χ2v) is 6.65. The fourth-order valence-corrected chi connectivity index (χ4v) is 2.94. The molecule has 1 atom stereocenters. The Kier molecular flexibility index (Phi) is 6.08. The number of morpholine rings is 1. The lowest BCUT2D eigenvalue weighted by atomic mass is 10.1. The van der Waals surface area contributed by atoms with Crippen molar-refractivity contribution < 1.29 is 19.1 Å². The Morgan fingerprint density at radius 1 is 1.22 bits per heavy atom. The van der Waals surface area contributed by atoms with Gasteiger partial charge in [-0.3, -0.25) is 9.59 Å². The molecule has 0 aliphatic carbocycles. The Bertz CT molecular complexity index is 804. The van der Waals surface area contributed by atoms with Gasteiger partial charge in [-0.1, -0.05) is 12.1 Å². The fourth-order valence-electron chi connectivity index (χ4n) is 2.94. The third-order valence-electron chi connectivity index (χ3n) is 4.40. The molecule has 2 amide bonds. The highest BCUT2D eigenvalue weighted by atomic mass is 16.5. The average molecular weight is 368 g/mol. The molecule has 0 saturated carbocycles. The third-order valence-corrected chi connectivity index (χ3v) is 4.40. The molecule has 1 aliphatic rings. The summed E-state index contributed by atoms with van der Waals surface area (Å²) >= 11 is 0. The van der Waals surface area contributed by atoms with Crippen LogP contribution in [-0.4, -0.2) is 49.1 Å². The molecule has 1 fully saturated rings. The maximum atomic E-state index is 12.6. The first-order valence-electron chi connectivity index (χ1n) is 9.01. The highest BCUT2D eigenvalue weighted by molar-refractivity contribution is 5.96. The molecule has 6 heteroatoms. The van der Waals surface area contributed by atoms with Gasteiger partial charge in [-0.25, -0.2) is 0 Å². The zero-order chi connectivity index (χ0) is 19.2. The van der Waals surface area contributed by atoms with E-state index in [1.807, 2.05) is 43.0 Å². The van der Waals surface area contributed by atoms with Gasteiger partial charge >= 0.3 is 0 Å². The van der Waals surface area contributed by atoms with Crippen molar-refractivity contribution in [3.05, 3.63) is 59.7 Å². The molecule has 0 bridgehead atoms. The smallest absolute Gasteiger partial charge is 0.262 e. The monoisotopic (exact) mass is 368 g/mol. The number of nitrogens with one attached hydrogen (secondary N) is 1. The third kappa shape index (κ3) is 5.08. The van der Waals surface area contributed by atoms with Gasteiger partial charge in [0.05, 0.1) is 19.3 Å². The highest BCUT2D eigenvalue weighted by Gasteiger charge is 2.24. The zero-order valence-corrected chi connectivity index (χ0v) is 15.6. The number of ether oxygens (including phenoxy) is 2. The van der Waals surface area contributed by atoms with Gasteiger partial charge in [-0.15, -0.1) is 0 Å². The number of anilines is 1. The van der Waals surface area contributed by atoms with E-state index in [-0.39, 0.29) is 24.5 Å². The van der Waals surface area contributed by atoms with Crippen LogP contribution in [0.1, 0.15) is 22.8 Å². The van der Waals surface area contributed by atoms with Gasteiger partial charge in [0.2, 0.25) is 0 Å². The quantitative estimate of drug-likeness (QED) is 0.881. The molecule has 2 aromatic rings. The number of amides is 2. The summed E-state index contributed by atoms with van der Waals surface area (Å²) in [5, 5.41) is 2.77. The van der Waals surface area contributed by atoms with Crippen molar-refractivity contribution in [1.82, 2.24) is 4.90 Å². The van der Waals surface area contributed by atoms with Crippen LogP contribution in [0.4, 0.5) is 5.69 Å². The number of hydrogen-bond acceptors (Lipinski definition) is 4. The first-order chi connectivity index (χ1) is 13.0. The Labute approximate surface area is 159 Å². The van der Waals surface area contributed by atoms with Gasteiger partial charge in [-0.05, 0) is 55.8 Å². The Hall–Kier alpha value is -2.86. The van der Waals surface area contributed by atoms with E-state index < -0.39 is 0 Å². The van der Waals surface area contributed by atoms with E-state index in [0.29, 0.717) is 36.8 Å². The maximum absolute atomic E-state index is 12.6. The summed E-state index contributed by atoms with van der Waals surface area (Å²) in [6.07, 6.45) is 0. The van der Waals surface area contributed by atoms with Gasteiger partial charge in [0.1, 0.15) is 5.75 Å². The summed E-state index contributed by atoms with van der Waals surface area (Å²) in [6.45, 7) is 5.57. The first kappa shape index (κ1) is 18.9. The van der Waals surface area contributed by atoms with Crippen LogP contribution >= 0.6 is 0 Å². The standard InChI is InChI=1S/C21H24N2O4/c1-15-4-3-5-19(12-15)27-14-20(24)22-18-8-6-17(7-9-18)21(25)23-10-11-26-13-16(23)2/h3-9,12,16H,10-11,13-14H2,1-2H3,(H,22,24). The van der Waals surface area contributed by atoms with Gasteiger partial charge < -0.3 is 19.7 Å². The van der Waals surface area contributed by atoms with E-state index in [0.717, 1.165) is 5.56 Å². The van der Waals surface area contributed by atoms with Crippen molar-refractivity contribution in [2.75, 3.05) is 31.7 Å². The number of rotatable bonds is 5. The van der Waals surface area contributed by atoms with Gasteiger partial charge in [0.25, 0.3) is 11.8 Å². The molecule has 1 saturated heterocycles. The van der Waals surface area contributed by atoms with Crippen LogP contribution in [0.15, 0.2) is 48.5 Å². The second-order valence-electron chi connectivity index (χ2n) is 6.65. The summed E-state index contributed by atoms with van der Waals surface area (Å²) < 4.78 is 10.9. The lowest BCUT2D eigenvalue weighted by Gasteiger charge is -2.33. The predicted molar refractivity (Wildman–Crippen MR) is 103 cm³/mol. The first-order valence-corrected chi connectivity index (χ1v) is 9.01. The fraction of sp³-hybridized carbons (Fsp3) is 0.333. The molecule has 1 aliphatic heterocycles. The van der Waals surface area contributed by atoms with E-state index in [2.05, 4.69) is 5.32 Å². The molecular weight excluding hydrogens is 344 g/mol. The highest BCUT2D eigenvalue weighted by Crippen LogP contribution is 2.16. The van der Waals surface area contributed by atoms with Crippen LogP contribution in [0.5, 0.6) is 5.75 Å². The zero-order valence-electron chi connectivity index (χ0n) is 15.6. The normalized spacial score (nSPS) is 16.7. The van der Waals surface area contributed by atoms with Crippen molar-refractivity contribution in [2.45, 2.75) is 19.9 Å². The summed E-state index contributed by atoms with van der Waals surface area (Å²) in [4.78, 5) is 26.5. The van der Waals surface area contributed by atoms with Crippen LogP contribution in [0.2, 0.25) is 0 Å². The van der Waals surface area contributed by atoms with Crippen molar-refractivity contribution >= 4 is 17.5 Å². The summed E-state index contributed by atoms with van der Waals surface area (Å²) in [7, 11) is 0. The molecular formula is C21H24N2O4. The minimum atomic E-state index is -0.252. The van der Waals surface area contributed by atoms with E-state index in [1.165, 1.54) is 0 Å². The lowest BCUT2D eigenvalue weighted by molar-refractivity contribution is -0.118. The Morgan fingerprint density at radius 3 is 2.70 bits per heavy atom. The summed E-state index contributed by atoms with van der Waals surface area (Å²) in [5.74, 6) is 0.384. The van der Waals surface area contributed by atoms with Crippen LogP contribution in [0.25, 0.3) is 0 Å². The number of benzene rings is 2. The number of carbonyl (C=O) groups is 2. The second kappa shape index (κ2) is 8.68. The Balaban J connectivity index is 1.54. The van der Waals surface area contributed by atoms with Crippen molar-refractivity contribution in [1.29, 1.82) is 0 Å². The van der Waals surface area contributed by atoms with Crippen LogP contribution in [-0.2, 0) is 9.53 Å². The minimum absolute atomic E-state index is 0.0218. The van der Waals surface area contributed by atoms with Crippen molar-refractivity contribution in [3.8, 4) is 5.75 Å². The van der Waals surface area contributed by atoms with Gasteiger partial charge in [0, 0.05) is 17.8 Å². The van der Waals surface area contributed by atoms with E-state index in [4.69, 9.17) is 9.47 Å². The van der Waals surface area contributed by atoms with E-state index >= 15 is 0 Å². The predicted octanol–water partition coefficient (Wildman–Crippen LogP) is 2.87. The average Bonchev–Trinajstić information content (AvgIpc) is 2.67. The van der Waals surface area contributed by atoms with Gasteiger partial charge in [0.15, 0.2) is 6.61 Å². The molecule has 142 valence electrons. The molecule has 0 aromatic heterocycles.